The van der Waals surface area contributed by atoms with Crippen LogP contribution in [0.25, 0.3) is 0 Å². The van der Waals surface area contributed by atoms with Crippen molar-refractivity contribution in [3.8, 4) is 0 Å². The van der Waals surface area contributed by atoms with Crippen LogP contribution in [0.15, 0.2) is 0 Å². The van der Waals surface area contributed by atoms with Gasteiger partial charge in [-0.3, -0.25) is 4.90 Å². The molecule has 1 fully saturated rings. The molecule has 0 amide bonds. The van der Waals surface area contributed by atoms with E-state index < -0.39 is 0 Å². The minimum absolute atomic E-state index is 0.487. The van der Waals surface area contributed by atoms with Crippen molar-refractivity contribution in [3.63, 3.8) is 0 Å². The molecule has 1 aliphatic rings. The van der Waals surface area contributed by atoms with Crippen molar-refractivity contribution in [2.45, 2.75) is 12.5 Å². The molecule has 1 N–H and O–H groups in total. The van der Waals surface area contributed by atoms with E-state index in [9.17, 15) is 0 Å². The molecular formula is C12H27N3O. The van der Waals surface area contributed by atoms with E-state index in [1.54, 1.807) is 7.11 Å². The molecule has 0 aromatic carbocycles. The molecule has 1 heterocycles. The fourth-order valence-corrected chi connectivity index (χ4v) is 2.50. The largest absolute Gasteiger partial charge is 0.383 e. The van der Waals surface area contributed by atoms with Gasteiger partial charge >= 0.3 is 0 Å². The molecule has 16 heavy (non-hydrogen) atoms. The van der Waals surface area contributed by atoms with Crippen molar-refractivity contribution in [1.29, 1.82) is 0 Å². The summed E-state index contributed by atoms with van der Waals surface area (Å²) in [5, 5.41) is 3.24. The maximum Gasteiger partial charge on any atom is 0.0630 e. The minimum atomic E-state index is 0.487. The first-order valence-corrected chi connectivity index (χ1v) is 6.19. The average Bonchev–Trinajstić information content (AvgIpc) is 2.63. The Morgan fingerprint density at radius 2 is 2.31 bits per heavy atom. The lowest BCUT2D eigenvalue weighted by molar-refractivity contribution is 0.0972. The summed E-state index contributed by atoms with van der Waals surface area (Å²) in [5.41, 5.74) is 0. The summed E-state index contributed by atoms with van der Waals surface area (Å²) in [6.45, 7) is 5.47. The summed E-state index contributed by atoms with van der Waals surface area (Å²) < 4.78 is 5.27. The average molecular weight is 229 g/mol. The molecule has 0 bridgehead atoms. The van der Waals surface area contributed by atoms with Gasteiger partial charge in [0, 0.05) is 32.8 Å². The van der Waals surface area contributed by atoms with E-state index in [0.717, 1.165) is 19.1 Å². The molecular weight excluding hydrogens is 202 g/mol. The second-order valence-electron chi connectivity index (χ2n) is 5.02. The molecule has 0 aliphatic carbocycles. The van der Waals surface area contributed by atoms with Crippen LogP contribution < -0.4 is 5.32 Å². The van der Waals surface area contributed by atoms with Crippen molar-refractivity contribution in [3.05, 3.63) is 0 Å². The summed E-state index contributed by atoms with van der Waals surface area (Å²) in [5.74, 6) is 0.825. The highest BCUT2D eigenvalue weighted by Gasteiger charge is 2.23. The Balaban J connectivity index is 2.32. The van der Waals surface area contributed by atoms with E-state index in [1.165, 1.54) is 26.1 Å². The molecule has 1 rings (SSSR count). The number of hydrogen-bond acceptors (Lipinski definition) is 4. The Labute approximate surface area is 99.9 Å². The lowest BCUT2D eigenvalue weighted by Crippen LogP contribution is -2.44. The molecule has 0 saturated carbocycles. The van der Waals surface area contributed by atoms with E-state index in [0.29, 0.717) is 6.04 Å². The number of ether oxygens (including phenoxy) is 1. The van der Waals surface area contributed by atoms with Crippen molar-refractivity contribution >= 4 is 0 Å². The van der Waals surface area contributed by atoms with Crippen LogP contribution >= 0.6 is 0 Å². The number of rotatable bonds is 7. The van der Waals surface area contributed by atoms with Crippen LogP contribution in [0.4, 0.5) is 0 Å². The van der Waals surface area contributed by atoms with Crippen molar-refractivity contribution < 1.29 is 4.74 Å². The van der Waals surface area contributed by atoms with Crippen LogP contribution in [-0.2, 0) is 4.74 Å². The monoisotopic (exact) mass is 229 g/mol. The zero-order valence-electron chi connectivity index (χ0n) is 11.2. The SMILES string of the molecule is CNCC(COC)N(C)CC1CCN(C)C1. The van der Waals surface area contributed by atoms with Gasteiger partial charge in [-0.05, 0) is 40.0 Å². The maximum absolute atomic E-state index is 5.27. The number of nitrogens with zero attached hydrogens (tertiary/aromatic N) is 2. The molecule has 2 unspecified atom stereocenters. The van der Waals surface area contributed by atoms with E-state index in [-0.39, 0.29) is 0 Å². The molecule has 0 radical (unpaired) electrons. The third-order valence-corrected chi connectivity index (χ3v) is 3.46. The third-order valence-electron chi connectivity index (χ3n) is 3.46. The molecule has 1 saturated heterocycles. The van der Waals surface area contributed by atoms with E-state index in [2.05, 4.69) is 29.2 Å². The zero-order valence-corrected chi connectivity index (χ0v) is 11.2. The first kappa shape index (κ1) is 13.9. The lowest BCUT2D eigenvalue weighted by Gasteiger charge is -2.29. The zero-order chi connectivity index (χ0) is 12.0. The second kappa shape index (κ2) is 7.22. The lowest BCUT2D eigenvalue weighted by atomic mass is 10.1. The smallest absolute Gasteiger partial charge is 0.0630 e. The highest BCUT2D eigenvalue weighted by molar-refractivity contribution is 4.79. The van der Waals surface area contributed by atoms with Gasteiger partial charge in [-0.15, -0.1) is 0 Å². The molecule has 0 spiro atoms. The fraction of sp³-hybridized carbons (Fsp3) is 1.00. The van der Waals surface area contributed by atoms with Gasteiger partial charge < -0.3 is 15.0 Å². The Morgan fingerprint density at radius 3 is 2.81 bits per heavy atom. The highest BCUT2D eigenvalue weighted by atomic mass is 16.5. The Kier molecular flexibility index (Phi) is 6.28. The predicted octanol–water partition coefficient (Wildman–Crippen LogP) is 0.104. The third kappa shape index (κ3) is 4.37. The molecule has 4 heteroatoms. The minimum Gasteiger partial charge on any atom is -0.383 e. The fourth-order valence-electron chi connectivity index (χ4n) is 2.50. The van der Waals surface area contributed by atoms with Crippen LogP contribution in [0.3, 0.4) is 0 Å². The Bertz CT molecular complexity index is 183. The molecule has 0 aromatic rings. The van der Waals surface area contributed by atoms with Gasteiger partial charge in [0.1, 0.15) is 0 Å². The predicted molar refractivity (Wildman–Crippen MR) is 67.8 cm³/mol. The van der Waals surface area contributed by atoms with Crippen molar-refractivity contribution in [1.82, 2.24) is 15.1 Å². The number of nitrogens with one attached hydrogen (secondary N) is 1. The van der Waals surface area contributed by atoms with E-state index >= 15 is 0 Å². The van der Waals surface area contributed by atoms with Crippen LogP contribution in [0.1, 0.15) is 6.42 Å². The van der Waals surface area contributed by atoms with Gasteiger partial charge in [-0.25, -0.2) is 0 Å². The molecule has 0 aromatic heterocycles. The Morgan fingerprint density at radius 1 is 1.56 bits per heavy atom. The van der Waals surface area contributed by atoms with Gasteiger partial charge in [0.2, 0.25) is 0 Å². The topological polar surface area (TPSA) is 27.7 Å². The molecule has 96 valence electrons. The highest BCUT2D eigenvalue weighted by Crippen LogP contribution is 2.16. The van der Waals surface area contributed by atoms with E-state index in [4.69, 9.17) is 4.74 Å². The number of likely N-dealkylation sites (tertiary alicyclic amines) is 1. The summed E-state index contributed by atoms with van der Waals surface area (Å²) in [4.78, 5) is 4.85. The van der Waals surface area contributed by atoms with Crippen molar-refractivity contribution in [2.24, 2.45) is 5.92 Å². The summed E-state index contributed by atoms with van der Waals surface area (Å²) in [6.07, 6.45) is 1.33. The van der Waals surface area contributed by atoms with Crippen molar-refractivity contribution in [2.75, 3.05) is 61.0 Å². The number of hydrogen-bond donors (Lipinski definition) is 1. The Hall–Kier alpha value is -0.160. The van der Waals surface area contributed by atoms with Gasteiger partial charge in [-0.2, -0.15) is 0 Å². The van der Waals surface area contributed by atoms with Gasteiger partial charge in [0.25, 0.3) is 0 Å². The van der Waals surface area contributed by atoms with Crippen LogP contribution in [0.5, 0.6) is 0 Å². The van der Waals surface area contributed by atoms with Crippen LogP contribution in [0, 0.1) is 5.92 Å². The summed E-state index contributed by atoms with van der Waals surface area (Å²) >= 11 is 0. The normalized spacial score (nSPS) is 24.2. The quantitative estimate of drug-likeness (QED) is 0.670. The number of methoxy groups -OCH3 is 1. The second-order valence-corrected chi connectivity index (χ2v) is 5.02. The van der Waals surface area contributed by atoms with Gasteiger partial charge in [0.05, 0.1) is 6.61 Å². The maximum atomic E-state index is 5.27. The van der Waals surface area contributed by atoms with Gasteiger partial charge in [0.15, 0.2) is 0 Å². The van der Waals surface area contributed by atoms with Gasteiger partial charge in [-0.1, -0.05) is 0 Å². The standard InChI is InChI=1S/C12H27N3O/c1-13-7-12(10-16-4)15(3)9-11-5-6-14(2)8-11/h11-13H,5-10H2,1-4H3. The molecule has 4 nitrogen and oxygen atoms in total. The first-order valence-electron chi connectivity index (χ1n) is 6.19. The van der Waals surface area contributed by atoms with Crippen LogP contribution in [-0.4, -0.2) is 76.9 Å². The first-order chi connectivity index (χ1) is 7.67. The van der Waals surface area contributed by atoms with E-state index in [1.807, 2.05) is 7.05 Å². The summed E-state index contributed by atoms with van der Waals surface area (Å²) in [6, 6.07) is 0.487. The number of likely N-dealkylation sites (N-methyl/N-ethyl adjacent to an activating group) is 2. The molecule has 2 atom stereocenters. The molecule has 1 aliphatic heterocycles. The summed E-state index contributed by atoms with van der Waals surface area (Å²) in [7, 11) is 8.19. The van der Waals surface area contributed by atoms with Crippen LogP contribution in [0.2, 0.25) is 0 Å².